The number of carbonyl (C=O) groups excluding carboxylic acids is 1. The van der Waals surface area contributed by atoms with E-state index in [9.17, 15) is 9.59 Å². The Morgan fingerprint density at radius 1 is 1.37 bits per heavy atom. The Kier molecular flexibility index (Phi) is 6.48. The molecule has 0 aromatic rings. The van der Waals surface area contributed by atoms with Gasteiger partial charge in [-0.3, -0.25) is 4.79 Å². The van der Waals surface area contributed by atoms with Crippen molar-refractivity contribution in [1.82, 2.24) is 10.6 Å². The lowest BCUT2D eigenvalue weighted by Crippen LogP contribution is -2.44. The van der Waals surface area contributed by atoms with Gasteiger partial charge in [-0.05, 0) is 31.4 Å². The number of aliphatic carboxylic acids is 1. The summed E-state index contributed by atoms with van der Waals surface area (Å²) in [4.78, 5) is 22.7. The fourth-order valence-corrected chi connectivity index (χ4v) is 3.13. The first-order valence-corrected chi connectivity index (χ1v) is 8.02. The third kappa shape index (κ3) is 5.30. The molecule has 0 aromatic heterocycles. The van der Waals surface area contributed by atoms with Gasteiger partial charge >= 0.3 is 12.0 Å². The Morgan fingerprint density at radius 2 is 2.05 bits per heavy atom. The van der Waals surface area contributed by atoms with Crippen molar-refractivity contribution in [2.24, 2.45) is 11.8 Å². The van der Waals surface area contributed by atoms with Crippen LogP contribution >= 0.6 is 11.8 Å². The molecule has 1 fully saturated rings. The molecule has 19 heavy (non-hydrogen) atoms. The molecule has 0 spiro atoms. The summed E-state index contributed by atoms with van der Waals surface area (Å²) in [6, 6.07) is -0.0292. The number of urea groups is 1. The standard InChI is InChI=1S/C13H24N2O3S/c1-8(2)11(12(16)17)7-14-13(18)15-9-4-5-10(6-9)19-3/h8-11H,4-7H2,1-3H3,(H,16,17)(H2,14,15,18). The second-order valence-electron chi connectivity index (χ2n) is 5.41. The van der Waals surface area contributed by atoms with E-state index in [2.05, 4.69) is 16.9 Å². The highest BCUT2D eigenvalue weighted by molar-refractivity contribution is 7.99. The van der Waals surface area contributed by atoms with E-state index in [1.54, 1.807) is 0 Å². The lowest BCUT2D eigenvalue weighted by molar-refractivity contribution is -0.142. The Morgan fingerprint density at radius 3 is 2.53 bits per heavy atom. The number of hydrogen-bond acceptors (Lipinski definition) is 3. The second kappa shape index (κ2) is 7.62. The summed E-state index contributed by atoms with van der Waals surface area (Å²) < 4.78 is 0. The zero-order valence-corrected chi connectivity index (χ0v) is 12.6. The van der Waals surface area contributed by atoms with Gasteiger partial charge in [-0.15, -0.1) is 0 Å². The van der Waals surface area contributed by atoms with Gasteiger partial charge in [0.1, 0.15) is 0 Å². The Balaban J connectivity index is 2.30. The fraction of sp³-hybridized carbons (Fsp3) is 0.846. The van der Waals surface area contributed by atoms with Crippen LogP contribution in [0.25, 0.3) is 0 Å². The van der Waals surface area contributed by atoms with Crippen LogP contribution < -0.4 is 10.6 Å². The molecule has 0 aliphatic heterocycles. The van der Waals surface area contributed by atoms with Gasteiger partial charge in [-0.1, -0.05) is 13.8 Å². The third-order valence-electron chi connectivity index (χ3n) is 3.66. The number of amides is 2. The van der Waals surface area contributed by atoms with Gasteiger partial charge in [-0.2, -0.15) is 11.8 Å². The van der Waals surface area contributed by atoms with Gasteiger partial charge < -0.3 is 15.7 Å². The zero-order valence-electron chi connectivity index (χ0n) is 11.8. The summed E-state index contributed by atoms with van der Waals surface area (Å²) in [5.74, 6) is -1.39. The van der Waals surface area contributed by atoms with Crippen LogP contribution in [0.3, 0.4) is 0 Å². The van der Waals surface area contributed by atoms with Gasteiger partial charge in [0, 0.05) is 17.8 Å². The highest BCUT2D eigenvalue weighted by Crippen LogP contribution is 2.27. The number of carboxylic acid groups (broad SMARTS) is 1. The maximum absolute atomic E-state index is 11.7. The normalized spacial score (nSPS) is 24.2. The predicted molar refractivity (Wildman–Crippen MR) is 77.4 cm³/mol. The highest BCUT2D eigenvalue weighted by atomic mass is 32.2. The van der Waals surface area contributed by atoms with Crippen LogP contribution in [-0.4, -0.2) is 41.2 Å². The van der Waals surface area contributed by atoms with Crippen molar-refractivity contribution in [2.75, 3.05) is 12.8 Å². The summed E-state index contributed by atoms with van der Waals surface area (Å²) in [7, 11) is 0. The van der Waals surface area contributed by atoms with Crippen LogP contribution in [0.1, 0.15) is 33.1 Å². The van der Waals surface area contributed by atoms with Crippen LogP contribution in [-0.2, 0) is 4.79 Å². The number of carbonyl (C=O) groups is 2. The van der Waals surface area contributed by atoms with Gasteiger partial charge in [0.25, 0.3) is 0 Å². The fourth-order valence-electron chi connectivity index (χ4n) is 2.33. The number of hydrogen-bond donors (Lipinski definition) is 3. The molecular weight excluding hydrogens is 264 g/mol. The molecule has 0 aromatic carbocycles. The molecule has 5 nitrogen and oxygen atoms in total. The van der Waals surface area contributed by atoms with Gasteiger partial charge in [0.05, 0.1) is 5.92 Å². The first-order chi connectivity index (χ1) is 8.93. The Labute approximate surface area is 118 Å². The molecule has 3 N–H and O–H groups in total. The third-order valence-corrected chi connectivity index (χ3v) is 4.75. The molecule has 0 radical (unpaired) electrons. The molecule has 2 amide bonds. The molecule has 3 unspecified atom stereocenters. The van der Waals surface area contributed by atoms with Crippen LogP contribution in [0.5, 0.6) is 0 Å². The maximum atomic E-state index is 11.7. The minimum absolute atomic E-state index is 0.00477. The first-order valence-electron chi connectivity index (χ1n) is 6.74. The largest absolute Gasteiger partial charge is 0.481 e. The van der Waals surface area contributed by atoms with Crippen molar-refractivity contribution < 1.29 is 14.7 Å². The number of carboxylic acids is 1. The molecule has 6 heteroatoms. The summed E-state index contributed by atoms with van der Waals surface area (Å²) in [6.07, 6.45) is 5.23. The summed E-state index contributed by atoms with van der Waals surface area (Å²) in [5, 5.41) is 15.3. The molecule has 1 saturated carbocycles. The zero-order chi connectivity index (χ0) is 14.4. The molecular formula is C13H24N2O3S. The number of thioether (sulfide) groups is 1. The van der Waals surface area contributed by atoms with E-state index in [1.165, 1.54) is 0 Å². The van der Waals surface area contributed by atoms with Crippen LogP contribution in [0.4, 0.5) is 4.79 Å². The van der Waals surface area contributed by atoms with Crippen LogP contribution in [0.2, 0.25) is 0 Å². The topological polar surface area (TPSA) is 78.4 Å². The van der Waals surface area contributed by atoms with Crippen LogP contribution in [0.15, 0.2) is 0 Å². The number of nitrogens with one attached hydrogen (secondary N) is 2. The molecule has 3 atom stereocenters. The summed E-state index contributed by atoms with van der Waals surface area (Å²) in [6.45, 7) is 3.87. The monoisotopic (exact) mass is 288 g/mol. The van der Waals surface area contributed by atoms with E-state index in [0.717, 1.165) is 19.3 Å². The molecule has 110 valence electrons. The van der Waals surface area contributed by atoms with Crippen molar-refractivity contribution >= 4 is 23.8 Å². The molecule has 1 rings (SSSR count). The average molecular weight is 288 g/mol. The van der Waals surface area contributed by atoms with E-state index in [1.807, 2.05) is 25.6 Å². The molecule has 0 heterocycles. The average Bonchev–Trinajstić information content (AvgIpc) is 2.75. The summed E-state index contributed by atoms with van der Waals surface area (Å²) >= 11 is 1.84. The Bertz CT molecular complexity index is 323. The lowest BCUT2D eigenvalue weighted by atomic mass is 9.96. The molecule has 1 aliphatic carbocycles. The van der Waals surface area contributed by atoms with E-state index < -0.39 is 11.9 Å². The predicted octanol–water partition coefficient (Wildman–Crippen LogP) is 1.93. The van der Waals surface area contributed by atoms with Crippen molar-refractivity contribution in [3.63, 3.8) is 0 Å². The maximum Gasteiger partial charge on any atom is 0.315 e. The van der Waals surface area contributed by atoms with Crippen molar-refractivity contribution in [2.45, 2.75) is 44.4 Å². The van der Waals surface area contributed by atoms with Crippen molar-refractivity contribution in [3.05, 3.63) is 0 Å². The van der Waals surface area contributed by atoms with Crippen LogP contribution in [0, 0.1) is 11.8 Å². The highest BCUT2D eigenvalue weighted by Gasteiger charge is 2.26. The quantitative estimate of drug-likeness (QED) is 0.698. The van der Waals surface area contributed by atoms with E-state index in [4.69, 9.17) is 5.11 Å². The van der Waals surface area contributed by atoms with E-state index in [0.29, 0.717) is 5.25 Å². The van der Waals surface area contributed by atoms with Gasteiger partial charge in [0.15, 0.2) is 0 Å². The van der Waals surface area contributed by atoms with E-state index >= 15 is 0 Å². The Hall–Kier alpha value is -0.910. The number of rotatable bonds is 6. The van der Waals surface area contributed by atoms with E-state index in [-0.39, 0.29) is 24.5 Å². The van der Waals surface area contributed by atoms with Crippen molar-refractivity contribution in [1.29, 1.82) is 0 Å². The summed E-state index contributed by atoms with van der Waals surface area (Å²) in [5.41, 5.74) is 0. The smallest absolute Gasteiger partial charge is 0.315 e. The molecule has 0 saturated heterocycles. The minimum atomic E-state index is -0.862. The second-order valence-corrected chi connectivity index (χ2v) is 6.55. The molecule has 0 bridgehead atoms. The first kappa shape index (κ1) is 16.1. The minimum Gasteiger partial charge on any atom is -0.481 e. The molecule has 1 aliphatic rings. The van der Waals surface area contributed by atoms with Gasteiger partial charge in [-0.25, -0.2) is 4.79 Å². The van der Waals surface area contributed by atoms with Crippen molar-refractivity contribution in [3.8, 4) is 0 Å². The van der Waals surface area contributed by atoms with Gasteiger partial charge in [0.2, 0.25) is 0 Å². The SMILES string of the molecule is CSC1CCC(NC(=O)NCC(C(=O)O)C(C)C)C1. The lowest BCUT2D eigenvalue weighted by Gasteiger charge is -2.18.